The number of halogens is 1. The van der Waals surface area contributed by atoms with Crippen LogP contribution < -0.4 is 0 Å². The van der Waals surface area contributed by atoms with Gasteiger partial charge in [-0.3, -0.25) is 19.8 Å². The van der Waals surface area contributed by atoms with Gasteiger partial charge in [0.15, 0.2) is 0 Å². The topological polar surface area (TPSA) is 83.7 Å². The van der Waals surface area contributed by atoms with Crippen LogP contribution in [0.25, 0.3) is 0 Å². The number of hydrogen-bond donors (Lipinski definition) is 1. The molecule has 1 heterocycles. The summed E-state index contributed by atoms with van der Waals surface area (Å²) in [5.41, 5.74) is 0.756. The Morgan fingerprint density at radius 3 is 2.65 bits per heavy atom. The van der Waals surface area contributed by atoms with Gasteiger partial charge >= 0.3 is 5.97 Å². The second-order valence-corrected chi connectivity index (χ2v) is 5.83. The van der Waals surface area contributed by atoms with Crippen molar-refractivity contribution in [2.75, 3.05) is 13.1 Å². The van der Waals surface area contributed by atoms with Gasteiger partial charge in [0.25, 0.3) is 5.69 Å². The normalized spacial score (nSPS) is 17.1. The highest BCUT2D eigenvalue weighted by Gasteiger charge is 2.25. The van der Waals surface area contributed by atoms with Crippen LogP contribution in [0.3, 0.4) is 0 Å². The van der Waals surface area contributed by atoms with Gasteiger partial charge < -0.3 is 5.11 Å². The molecule has 0 aliphatic carbocycles. The van der Waals surface area contributed by atoms with Gasteiger partial charge in [-0.15, -0.1) is 0 Å². The third-order valence-corrected chi connectivity index (χ3v) is 4.07. The summed E-state index contributed by atoms with van der Waals surface area (Å²) < 4.78 is 0.678. The van der Waals surface area contributed by atoms with E-state index in [1.165, 1.54) is 6.07 Å². The molecule has 108 valence electrons. The molecule has 0 amide bonds. The van der Waals surface area contributed by atoms with Crippen LogP contribution in [0, 0.1) is 16.0 Å². The van der Waals surface area contributed by atoms with Gasteiger partial charge in [0.1, 0.15) is 0 Å². The average molecular weight is 343 g/mol. The first-order chi connectivity index (χ1) is 9.47. The third kappa shape index (κ3) is 3.55. The first kappa shape index (κ1) is 14.9. The molecule has 1 aliphatic rings. The van der Waals surface area contributed by atoms with Gasteiger partial charge in [-0.2, -0.15) is 0 Å². The Bertz CT molecular complexity index is 527. The summed E-state index contributed by atoms with van der Waals surface area (Å²) in [7, 11) is 0. The maximum absolute atomic E-state index is 11.0. The first-order valence-electron chi connectivity index (χ1n) is 6.35. The van der Waals surface area contributed by atoms with Gasteiger partial charge in [0.05, 0.1) is 10.8 Å². The fourth-order valence-corrected chi connectivity index (χ4v) is 2.77. The van der Waals surface area contributed by atoms with E-state index in [1.807, 2.05) is 0 Å². The maximum Gasteiger partial charge on any atom is 0.306 e. The van der Waals surface area contributed by atoms with Crippen molar-refractivity contribution < 1.29 is 14.8 Å². The smallest absolute Gasteiger partial charge is 0.306 e. The van der Waals surface area contributed by atoms with Crippen molar-refractivity contribution in [3.05, 3.63) is 38.3 Å². The van der Waals surface area contributed by atoms with E-state index in [9.17, 15) is 14.9 Å². The standard InChI is InChI=1S/C13H15BrN2O4/c14-11-2-1-10(12(7-11)16(19)20)8-15-5-3-9(4-6-15)13(17)18/h1-2,7,9H,3-6,8H2,(H,17,18). The summed E-state index contributed by atoms with van der Waals surface area (Å²) >= 11 is 3.23. The van der Waals surface area contributed by atoms with E-state index in [0.717, 1.165) is 0 Å². The number of piperidine rings is 1. The second-order valence-electron chi connectivity index (χ2n) is 4.92. The molecule has 2 rings (SSSR count). The van der Waals surface area contributed by atoms with Crippen molar-refractivity contribution >= 4 is 27.6 Å². The molecule has 0 aromatic heterocycles. The first-order valence-corrected chi connectivity index (χ1v) is 7.14. The summed E-state index contributed by atoms with van der Waals surface area (Å²) in [4.78, 5) is 23.6. The van der Waals surface area contributed by atoms with Crippen LogP contribution >= 0.6 is 15.9 Å². The summed E-state index contributed by atoms with van der Waals surface area (Å²) in [6, 6.07) is 5.02. The summed E-state index contributed by atoms with van der Waals surface area (Å²) in [6.07, 6.45) is 1.19. The molecule has 1 aromatic carbocycles. The lowest BCUT2D eigenvalue weighted by atomic mass is 9.96. The molecule has 6 nitrogen and oxygen atoms in total. The number of benzene rings is 1. The van der Waals surface area contributed by atoms with E-state index in [1.54, 1.807) is 12.1 Å². The van der Waals surface area contributed by atoms with Gasteiger partial charge in [0, 0.05) is 22.6 Å². The Hall–Kier alpha value is -1.47. The molecule has 0 bridgehead atoms. The van der Waals surface area contributed by atoms with E-state index in [0.29, 0.717) is 42.5 Å². The second kappa shape index (κ2) is 6.32. The van der Waals surface area contributed by atoms with Crippen molar-refractivity contribution in [3.63, 3.8) is 0 Å². The van der Waals surface area contributed by atoms with E-state index in [-0.39, 0.29) is 16.5 Å². The van der Waals surface area contributed by atoms with E-state index >= 15 is 0 Å². The number of rotatable bonds is 4. The molecule has 1 N–H and O–H groups in total. The van der Waals surface area contributed by atoms with Crippen molar-refractivity contribution in [2.24, 2.45) is 5.92 Å². The predicted molar refractivity (Wildman–Crippen MR) is 76.4 cm³/mol. The summed E-state index contributed by atoms with van der Waals surface area (Å²) in [5.74, 6) is -1.04. The van der Waals surface area contributed by atoms with Crippen molar-refractivity contribution in [1.29, 1.82) is 0 Å². The minimum absolute atomic E-state index is 0.0970. The Labute approximate surface area is 124 Å². The number of nitrogens with zero attached hydrogens (tertiary/aromatic N) is 2. The molecule has 1 saturated heterocycles. The molecule has 0 saturated carbocycles. The molecule has 1 aliphatic heterocycles. The number of nitro groups is 1. The number of carboxylic acid groups (broad SMARTS) is 1. The molecular weight excluding hydrogens is 328 g/mol. The van der Waals surface area contributed by atoms with Gasteiger partial charge in [-0.25, -0.2) is 0 Å². The highest BCUT2D eigenvalue weighted by molar-refractivity contribution is 9.10. The Morgan fingerprint density at radius 1 is 1.45 bits per heavy atom. The lowest BCUT2D eigenvalue weighted by Crippen LogP contribution is -2.35. The Morgan fingerprint density at radius 2 is 2.10 bits per heavy atom. The van der Waals surface area contributed by atoms with Crippen molar-refractivity contribution in [1.82, 2.24) is 4.90 Å². The molecule has 0 spiro atoms. The van der Waals surface area contributed by atoms with Crippen LogP contribution in [0.4, 0.5) is 5.69 Å². The van der Waals surface area contributed by atoms with Crippen molar-refractivity contribution in [3.8, 4) is 0 Å². The van der Waals surface area contributed by atoms with Crippen LogP contribution in [-0.2, 0) is 11.3 Å². The predicted octanol–water partition coefficient (Wildman–Crippen LogP) is 2.65. The maximum atomic E-state index is 11.0. The van der Waals surface area contributed by atoms with Gasteiger partial charge in [-0.1, -0.05) is 15.9 Å². The lowest BCUT2D eigenvalue weighted by Gasteiger charge is -2.29. The fraction of sp³-hybridized carbons (Fsp3) is 0.462. The van der Waals surface area contributed by atoms with E-state index < -0.39 is 5.97 Å². The largest absolute Gasteiger partial charge is 0.481 e. The SMILES string of the molecule is O=C(O)C1CCN(Cc2ccc(Br)cc2[N+](=O)[O-])CC1. The fourth-order valence-electron chi connectivity index (χ4n) is 2.42. The van der Waals surface area contributed by atoms with Gasteiger partial charge in [-0.05, 0) is 38.1 Å². The zero-order chi connectivity index (χ0) is 14.7. The zero-order valence-electron chi connectivity index (χ0n) is 10.8. The highest BCUT2D eigenvalue weighted by Crippen LogP contribution is 2.26. The number of aliphatic carboxylic acids is 1. The molecular formula is C13H15BrN2O4. The van der Waals surface area contributed by atoms with Crippen LogP contribution in [0.1, 0.15) is 18.4 Å². The van der Waals surface area contributed by atoms with Gasteiger partial charge in [0.2, 0.25) is 0 Å². The Kier molecular flexibility index (Phi) is 4.72. The van der Waals surface area contributed by atoms with E-state index in [2.05, 4.69) is 20.8 Å². The minimum atomic E-state index is -0.751. The summed E-state index contributed by atoms with van der Waals surface area (Å²) in [6.45, 7) is 1.80. The molecule has 0 unspecified atom stereocenters. The molecule has 1 aromatic rings. The number of hydrogen-bond acceptors (Lipinski definition) is 4. The molecule has 20 heavy (non-hydrogen) atoms. The van der Waals surface area contributed by atoms with Crippen LogP contribution in [0.5, 0.6) is 0 Å². The van der Waals surface area contributed by atoms with Crippen LogP contribution in [0.2, 0.25) is 0 Å². The van der Waals surface area contributed by atoms with Crippen LogP contribution in [0.15, 0.2) is 22.7 Å². The highest BCUT2D eigenvalue weighted by atomic mass is 79.9. The Balaban J connectivity index is 2.04. The number of likely N-dealkylation sites (tertiary alicyclic amines) is 1. The van der Waals surface area contributed by atoms with Crippen LogP contribution in [-0.4, -0.2) is 34.0 Å². The number of carboxylic acids is 1. The molecule has 0 atom stereocenters. The molecule has 0 radical (unpaired) electrons. The quantitative estimate of drug-likeness (QED) is 0.671. The zero-order valence-corrected chi connectivity index (χ0v) is 12.4. The number of carbonyl (C=O) groups is 1. The molecule has 7 heteroatoms. The number of nitro benzene ring substituents is 1. The van der Waals surface area contributed by atoms with Crippen molar-refractivity contribution in [2.45, 2.75) is 19.4 Å². The minimum Gasteiger partial charge on any atom is -0.481 e. The molecule has 1 fully saturated rings. The average Bonchev–Trinajstić information content (AvgIpc) is 2.41. The summed E-state index contributed by atoms with van der Waals surface area (Å²) in [5, 5.41) is 20.0. The monoisotopic (exact) mass is 342 g/mol. The lowest BCUT2D eigenvalue weighted by molar-refractivity contribution is -0.385. The van der Waals surface area contributed by atoms with E-state index in [4.69, 9.17) is 5.11 Å². The third-order valence-electron chi connectivity index (χ3n) is 3.57.